The smallest absolute Gasteiger partial charge is 0.417 e. The highest BCUT2D eigenvalue weighted by Crippen LogP contribution is 2.16. The minimum Gasteiger partial charge on any atom is -0.459 e. The molecule has 0 fully saturated rings. The number of rotatable bonds is 4. The van der Waals surface area contributed by atoms with Gasteiger partial charge in [0.15, 0.2) is 5.58 Å². The third-order valence-electron chi connectivity index (χ3n) is 3.00. The van der Waals surface area contributed by atoms with E-state index in [-0.39, 0.29) is 6.61 Å². The minimum atomic E-state index is -0.873. The summed E-state index contributed by atoms with van der Waals surface area (Å²) in [5, 5.41) is 2.40. The molecule has 1 aromatic carbocycles. The molecule has 1 atom stereocenters. The summed E-state index contributed by atoms with van der Waals surface area (Å²) in [6.45, 7) is 6.60. The molecule has 2 rings (SSSR count). The van der Waals surface area contributed by atoms with Gasteiger partial charge in [0.25, 0.3) is 0 Å². The Labute approximate surface area is 138 Å². The Morgan fingerprint density at radius 2 is 2.04 bits per heavy atom. The molecule has 24 heavy (non-hydrogen) atoms. The van der Waals surface area contributed by atoms with Crippen molar-refractivity contribution in [3.63, 3.8) is 0 Å². The zero-order valence-corrected chi connectivity index (χ0v) is 14.0. The van der Waals surface area contributed by atoms with Crippen LogP contribution in [-0.4, -0.2) is 28.7 Å². The number of alkyl carbamates (subject to hydrolysis) is 1. The number of aromatic nitrogens is 1. The largest absolute Gasteiger partial charge is 0.459 e. The van der Waals surface area contributed by atoms with E-state index in [1.165, 1.54) is 6.92 Å². The van der Waals surface area contributed by atoms with Gasteiger partial charge in [-0.3, -0.25) is 4.98 Å². The van der Waals surface area contributed by atoms with E-state index < -0.39 is 29.5 Å². The van der Waals surface area contributed by atoms with Crippen LogP contribution in [0.5, 0.6) is 0 Å². The Hall–Kier alpha value is -2.77. The molecular formula is C16H20N2O6. The molecule has 0 saturated carbocycles. The van der Waals surface area contributed by atoms with E-state index in [4.69, 9.17) is 13.9 Å². The van der Waals surface area contributed by atoms with Crippen molar-refractivity contribution in [2.24, 2.45) is 0 Å². The van der Waals surface area contributed by atoms with E-state index in [0.717, 1.165) is 0 Å². The van der Waals surface area contributed by atoms with Crippen molar-refractivity contribution in [3.05, 3.63) is 34.3 Å². The van der Waals surface area contributed by atoms with Gasteiger partial charge in [0, 0.05) is 5.56 Å². The van der Waals surface area contributed by atoms with E-state index in [1.54, 1.807) is 39.0 Å². The minimum absolute atomic E-state index is 0.0635. The standard InChI is InChI=1S/C16H20N2O6/c1-9(17-15(21)24-16(2,3)4)13(19)22-8-10-6-5-7-11-12(10)18-14(20)23-11/h5-7,9H,8H2,1-4H3,(H,17,21)(H,18,20). The molecule has 0 aliphatic rings. The zero-order chi connectivity index (χ0) is 17.9. The number of hydrogen-bond donors (Lipinski definition) is 2. The molecule has 1 heterocycles. The average Bonchev–Trinajstić information content (AvgIpc) is 2.83. The Balaban J connectivity index is 1.94. The van der Waals surface area contributed by atoms with Crippen LogP contribution in [0.1, 0.15) is 33.3 Å². The Morgan fingerprint density at radius 3 is 2.71 bits per heavy atom. The topological polar surface area (TPSA) is 111 Å². The average molecular weight is 336 g/mol. The maximum Gasteiger partial charge on any atom is 0.417 e. The molecule has 0 aliphatic carbocycles. The lowest BCUT2D eigenvalue weighted by molar-refractivity contribution is -0.147. The summed E-state index contributed by atoms with van der Waals surface area (Å²) in [4.78, 5) is 37.4. The molecule has 2 N–H and O–H groups in total. The van der Waals surface area contributed by atoms with Crippen LogP contribution in [0.25, 0.3) is 11.1 Å². The number of H-pyrrole nitrogens is 1. The number of fused-ring (bicyclic) bond motifs is 1. The third kappa shape index (κ3) is 4.61. The predicted octanol–water partition coefficient (Wildman–Crippen LogP) is 2.08. The van der Waals surface area contributed by atoms with Gasteiger partial charge in [-0.15, -0.1) is 0 Å². The highest BCUT2D eigenvalue weighted by atomic mass is 16.6. The number of aromatic amines is 1. The molecular weight excluding hydrogens is 316 g/mol. The molecule has 2 aromatic rings. The first-order valence-electron chi connectivity index (χ1n) is 7.42. The van der Waals surface area contributed by atoms with Crippen LogP contribution in [0.2, 0.25) is 0 Å². The lowest BCUT2D eigenvalue weighted by Gasteiger charge is -2.21. The van der Waals surface area contributed by atoms with Crippen molar-refractivity contribution in [2.45, 2.75) is 45.9 Å². The summed E-state index contributed by atoms with van der Waals surface area (Å²) < 4.78 is 15.2. The van der Waals surface area contributed by atoms with Gasteiger partial charge in [0.2, 0.25) is 0 Å². The number of carbonyl (C=O) groups is 2. The first-order chi connectivity index (χ1) is 11.2. The predicted molar refractivity (Wildman–Crippen MR) is 85.5 cm³/mol. The van der Waals surface area contributed by atoms with Crippen LogP contribution in [0.15, 0.2) is 27.4 Å². The number of esters is 1. The summed E-state index contributed by atoms with van der Waals surface area (Å²) in [5.41, 5.74) is 0.795. The van der Waals surface area contributed by atoms with E-state index in [0.29, 0.717) is 16.7 Å². The van der Waals surface area contributed by atoms with Gasteiger partial charge in [-0.25, -0.2) is 14.4 Å². The van der Waals surface area contributed by atoms with Gasteiger partial charge in [-0.05, 0) is 33.8 Å². The van der Waals surface area contributed by atoms with Crippen LogP contribution < -0.4 is 11.1 Å². The molecule has 0 aliphatic heterocycles. The van der Waals surface area contributed by atoms with Crippen molar-refractivity contribution in [1.29, 1.82) is 0 Å². The number of ether oxygens (including phenoxy) is 2. The number of para-hydroxylation sites is 1. The number of carbonyl (C=O) groups excluding carboxylic acids is 2. The van der Waals surface area contributed by atoms with E-state index >= 15 is 0 Å². The lowest BCUT2D eigenvalue weighted by atomic mass is 10.2. The molecule has 8 heteroatoms. The van der Waals surface area contributed by atoms with Crippen molar-refractivity contribution in [3.8, 4) is 0 Å². The molecule has 0 spiro atoms. The number of amides is 1. The van der Waals surface area contributed by atoms with Crippen LogP contribution in [0, 0.1) is 0 Å². The Kier molecular flexibility index (Phi) is 4.96. The van der Waals surface area contributed by atoms with Crippen molar-refractivity contribution >= 4 is 23.2 Å². The second-order valence-electron chi connectivity index (χ2n) is 6.28. The maximum atomic E-state index is 12.0. The third-order valence-corrected chi connectivity index (χ3v) is 3.00. The van der Waals surface area contributed by atoms with Crippen LogP contribution in [0.4, 0.5) is 4.79 Å². The Morgan fingerprint density at radius 1 is 1.33 bits per heavy atom. The molecule has 0 bridgehead atoms. The van der Waals surface area contributed by atoms with Gasteiger partial charge in [-0.1, -0.05) is 12.1 Å². The molecule has 1 aromatic heterocycles. The number of nitrogens with one attached hydrogen (secondary N) is 2. The molecule has 1 unspecified atom stereocenters. The SMILES string of the molecule is CC(NC(=O)OC(C)(C)C)C(=O)OCc1cccc2oc(=O)[nH]c12. The van der Waals surface area contributed by atoms with Gasteiger partial charge >= 0.3 is 17.8 Å². The summed E-state index contributed by atoms with van der Waals surface area (Å²) >= 11 is 0. The van der Waals surface area contributed by atoms with Crippen LogP contribution in [-0.2, 0) is 20.9 Å². The Bertz CT molecular complexity index is 799. The number of hydrogen-bond acceptors (Lipinski definition) is 6. The second-order valence-corrected chi connectivity index (χ2v) is 6.28. The van der Waals surface area contributed by atoms with Gasteiger partial charge in [-0.2, -0.15) is 0 Å². The molecule has 8 nitrogen and oxygen atoms in total. The fourth-order valence-electron chi connectivity index (χ4n) is 1.97. The summed E-state index contributed by atoms with van der Waals surface area (Å²) in [7, 11) is 0. The van der Waals surface area contributed by atoms with E-state index in [1.807, 2.05) is 0 Å². The van der Waals surface area contributed by atoms with Crippen LogP contribution >= 0.6 is 0 Å². The van der Waals surface area contributed by atoms with Crippen molar-refractivity contribution in [1.82, 2.24) is 10.3 Å². The summed E-state index contributed by atoms with van der Waals surface area (Å²) in [5.74, 6) is -1.20. The second kappa shape index (κ2) is 6.77. The fourth-order valence-corrected chi connectivity index (χ4v) is 1.97. The van der Waals surface area contributed by atoms with Crippen molar-refractivity contribution < 1.29 is 23.5 Å². The monoisotopic (exact) mass is 336 g/mol. The normalized spacial score (nSPS) is 12.7. The molecule has 1 amide bonds. The summed E-state index contributed by atoms with van der Waals surface area (Å²) in [6.07, 6.45) is -0.701. The summed E-state index contributed by atoms with van der Waals surface area (Å²) in [6, 6.07) is 4.14. The van der Waals surface area contributed by atoms with Crippen LogP contribution in [0.3, 0.4) is 0 Å². The van der Waals surface area contributed by atoms with E-state index in [9.17, 15) is 14.4 Å². The highest BCUT2D eigenvalue weighted by molar-refractivity contribution is 5.81. The van der Waals surface area contributed by atoms with E-state index in [2.05, 4.69) is 10.3 Å². The highest BCUT2D eigenvalue weighted by Gasteiger charge is 2.22. The van der Waals surface area contributed by atoms with Gasteiger partial charge < -0.3 is 19.2 Å². The molecule has 0 saturated heterocycles. The molecule has 0 radical (unpaired) electrons. The lowest BCUT2D eigenvalue weighted by Crippen LogP contribution is -2.42. The molecule has 130 valence electrons. The maximum absolute atomic E-state index is 12.0. The quantitative estimate of drug-likeness (QED) is 0.827. The number of oxazole rings is 1. The first kappa shape index (κ1) is 17.6. The van der Waals surface area contributed by atoms with Gasteiger partial charge in [0.1, 0.15) is 18.2 Å². The van der Waals surface area contributed by atoms with Crippen molar-refractivity contribution in [2.75, 3.05) is 0 Å². The first-order valence-corrected chi connectivity index (χ1v) is 7.42. The number of benzene rings is 1. The zero-order valence-electron chi connectivity index (χ0n) is 14.0. The fraction of sp³-hybridized carbons (Fsp3) is 0.438. The van der Waals surface area contributed by atoms with Gasteiger partial charge in [0.05, 0.1) is 5.52 Å².